The van der Waals surface area contributed by atoms with E-state index in [4.69, 9.17) is 9.72 Å². The summed E-state index contributed by atoms with van der Waals surface area (Å²) in [6, 6.07) is 11.4. The highest BCUT2D eigenvalue weighted by Gasteiger charge is 2.56. The molecule has 8 rings (SSSR count). The van der Waals surface area contributed by atoms with Crippen molar-refractivity contribution in [2.45, 2.75) is 37.4 Å². The summed E-state index contributed by atoms with van der Waals surface area (Å²) in [4.78, 5) is 28.4. The van der Waals surface area contributed by atoms with Crippen molar-refractivity contribution in [2.24, 2.45) is 5.41 Å². The van der Waals surface area contributed by atoms with Crippen LogP contribution in [0.1, 0.15) is 41.5 Å². The number of likely N-dealkylation sites (tertiary alicyclic amines) is 1. The van der Waals surface area contributed by atoms with E-state index >= 15 is 4.39 Å². The Kier molecular flexibility index (Phi) is 7.00. The molecule has 2 N–H and O–H groups in total. The van der Waals surface area contributed by atoms with Crippen LogP contribution in [0.5, 0.6) is 0 Å². The maximum atomic E-state index is 15.9. The Balaban J connectivity index is 1.11. The number of carbonyl (C=O) groups excluding carboxylic acids is 1. The summed E-state index contributed by atoms with van der Waals surface area (Å²) in [6.45, 7) is 3.12. The third kappa shape index (κ3) is 4.85. The van der Waals surface area contributed by atoms with Gasteiger partial charge in [0.1, 0.15) is 33.6 Å². The van der Waals surface area contributed by atoms with Crippen LogP contribution in [0.2, 0.25) is 0 Å². The molecule has 10 nitrogen and oxygen atoms in total. The lowest BCUT2D eigenvalue weighted by molar-refractivity contribution is -0.174. The lowest BCUT2D eigenvalue weighted by Crippen LogP contribution is -2.75. The molecule has 3 fully saturated rings. The minimum atomic E-state index is -1.36. The first-order valence-corrected chi connectivity index (χ1v) is 16.5. The Morgan fingerprint density at radius 2 is 1.85 bits per heavy atom. The van der Waals surface area contributed by atoms with Gasteiger partial charge in [-0.1, -0.05) is 11.3 Å². The predicted octanol–water partition coefficient (Wildman–Crippen LogP) is 4.45. The van der Waals surface area contributed by atoms with Crippen molar-refractivity contribution in [1.29, 1.82) is 5.26 Å². The number of benzene rings is 2. The summed E-state index contributed by atoms with van der Waals surface area (Å²) in [6.07, 6.45) is 0.787. The number of fused-ring (bicyclic) bond motifs is 2. The lowest BCUT2D eigenvalue weighted by Gasteiger charge is -2.61. The first-order chi connectivity index (χ1) is 22.6. The second kappa shape index (κ2) is 10.9. The molecule has 242 valence electrons. The molecular formula is C34H32F2N6O4S. The summed E-state index contributed by atoms with van der Waals surface area (Å²) in [5, 5.41) is 32.6. The summed E-state index contributed by atoms with van der Waals surface area (Å²) in [5.41, 5.74) is 2.33. The molecule has 1 aliphatic carbocycles. The number of anilines is 3. The molecule has 3 aliphatic heterocycles. The van der Waals surface area contributed by atoms with E-state index in [2.05, 4.69) is 16.0 Å². The number of amides is 1. The van der Waals surface area contributed by atoms with E-state index in [9.17, 15) is 24.7 Å². The number of carbonyl (C=O) groups is 1. The number of hydrogen-bond donors (Lipinski definition) is 2. The fourth-order valence-corrected chi connectivity index (χ4v) is 8.41. The molecule has 0 radical (unpaired) electrons. The zero-order valence-electron chi connectivity index (χ0n) is 25.7. The average Bonchev–Trinajstić information content (AvgIpc) is 3.63. The minimum Gasteiger partial charge on any atom is -0.387 e. The fourth-order valence-electron chi connectivity index (χ4n) is 7.55. The molecule has 4 aromatic rings. The van der Waals surface area contributed by atoms with Gasteiger partial charge in [-0.2, -0.15) is 5.26 Å². The number of hydrogen-bond acceptors (Lipinski definition) is 10. The van der Waals surface area contributed by atoms with Gasteiger partial charge in [0.15, 0.2) is 10.9 Å². The number of pyridine rings is 1. The van der Waals surface area contributed by atoms with E-state index in [1.807, 2.05) is 18.0 Å². The number of thiazole rings is 1. The molecule has 0 bridgehead atoms. The van der Waals surface area contributed by atoms with Crippen LogP contribution in [-0.4, -0.2) is 83.0 Å². The van der Waals surface area contributed by atoms with Crippen molar-refractivity contribution in [2.75, 3.05) is 56.2 Å². The minimum absolute atomic E-state index is 0.103. The highest BCUT2D eigenvalue weighted by atomic mass is 32.1. The Labute approximate surface area is 273 Å². The SMILES string of the molecule is CN(c1nc(-c2ccc(F)cc2)c(C#N)s1)c1c2c(nc3c(F)cc(N4CC5(CN(C(=O)C6(O)CCOCC6)C5)C4)cc13)[C@H](O)CC2. The van der Waals surface area contributed by atoms with E-state index in [1.165, 1.54) is 29.5 Å². The van der Waals surface area contributed by atoms with Gasteiger partial charge in [-0.25, -0.2) is 18.7 Å². The van der Waals surface area contributed by atoms with Crippen molar-refractivity contribution in [3.63, 3.8) is 0 Å². The van der Waals surface area contributed by atoms with E-state index < -0.39 is 17.5 Å². The van der Waals surface area contributed by atoms with Crippen LogP contribution in [0.3, 0.4) is 0 Å². The molecule has 1 spiro atoms. The number of ether oxygens (including phenoxy) is 1. The molecule has 47 heavy (non-hydrogen) atoms. The zero-order chi connectivity index (χ0) is 32.7. The molecule has 2 aromatic carbocycles. The molecule has 2 aromatic heterocycles. The Hall–Kier alpha value is -4.22. The summed E-state index contributed by atoms with van der Waals surface area (Å²) in [7, 11) is 1.81. The first-order valence-electron chi connectivity index (χ1n) is 15.7. The number of halogens is 2. The maximum absolute atomic E-state index is 15.9. The van der Waals surface area contributed by atoms with Crippen LogP contribution < -0.4 is 9.80 Å². The van der Waals surface area contributed by atoms with Crippen molar-refractivity contribution >= 4 is 44.7 Å². The normalized spacial score (nSPS) is 20.9. The average molecular weight is 659 g/mol. The second-order valence-electron chi connectivity index (χ2n) is 13.2. The Morgan fingerprint density at radius 3 is 2.55 bits per heavy atom. The highest BCUT2D eigenvalue weighted by molar-refractivity contribution is 7.16. The van der Waals surface area contributed by atoms with Gasteiger partial charge in [-0.3, -0.25) is 4.79 Å². The number of nitriles is 1. The molecular weight excluding hydrogens is 626 g/mol. The van der Waals surface area contributed by atoms with Gasteiger partial charge in [-0.05, 0) is 49.2 Å². The quantitative estimate of drug-likeness (QED) is 0.320. The van der Waals surface area contributed by atoms with E-state index in [1.54, 1.807) is 17.0 Å². The van der Waals surface area contributed by atoms with Gasteiger partial charge in [0.2, 0.25) is 0 Å². The zero-order valence-corrected chi connectivity index (χ0v) is 26.5. The predicted molar refractivity (Wildman–Crippen MR) is 171 cm³/mol. The number of aromatic nitrogens is 2. The number of aliphatic hydroxyl groups is 2. The molecule has 1 amide bonds. The van der Waals surface area contributed by atoms with Crippen LogP contribution >= 0.6 is 11.3 Å². The summed E-state index contributed by atoms with van der Waals surface area (Å²) < 4.78 is 34.9. The van der Waals surface area contributed by atoms with Gasteiger partial charge in [0, 0.05) is 86.9 Å². The Morgan fingerprint density at radius 1 is 1.13 bits per heavy atom. The summed E-state index contributed by atoms with van der Waals surface area (Å²) >= 11 is 1.19. The van der Waals surface area contributed by atoms with Gasteiger partial charge in [0.25, 0.3) is 5.91 Å². The number of aliphatic hydroxyl groups excluding tert-OH is 1. The molecule has 1 atom stereocenters. The van der Waals surface area contributed by atoms with E-state index in [0.29, 0.717) is 109 Å². The van der Waals surface area contributed by atoms with Crippen LogP contribution in [0.25, 0.3) is 22.2 Å². The monoisotopic (exact) mass is 658 g/mol. The third-order valence-electron chi connectivity index (χ3n) is 10.0. The van der Waals surface area contributed by atoms with Crippen molar-refractivity contribution in [3.05, 3.63) is 64.2 Å². The Bertz CT molecular complexity index is 1960. The van der Waals surface area contributed by atoms with Crippen LogP contribution in [-0.2, 0) is 16.0 Å². The fraction of sp³-hybridized carbons (Fsp3) is 0.412. The molecule has 3 saturated heterocycles. The maximum Gasteiger partial charge on any atom is 0.254 e. The van der Waals surface area contributed by atoms with Crippen molar-refractivity contribution in [1.82, 2.24) is 14.9 Å². The first kappa shape index (κ1) is 30.1. The molecule has 0 saturated carbocycles. The molecule has 5 heterocycles. The van der Waals surface area contributed by atoms with Crippen LogP contribution in [0, 0.1) is 28.4 Å². The largest absolute Gasteiger partial charge is 0.387 e. The van der Waals surface area contributed by atoms with Crippen LogP contribution in [0.4, 0.5) is 25.3 Å². The van der Waals surface area contributed by atoms with E-state index in [0.717, 1.165) is 5.56 Å². The number of rotatable bonds is 5. The van der Waals surface area contributed by atoms with Gasteiger partial charge < -0.3 is 29.6 Å². The summed E-state index contributed by atoms with van der Waals surface area (Å²) in [5.74, 6) is -1.13. The third-order valence-corrected chi connectivity index (χ3v) is 11.1. The molecule has 13 heteroatoms. The van der Waals surface area contributed by atoms with Gasteiger partial charge >= 0.3 is 0 Å². The molecule has 0 unspecified atom stereocenters. The van der Waals surface area contributed by atoms with E-state index in [-0.39, 0.29) is 22.7 Å². The molecule has 4 aliphatic rings. The van der Waals surface area contributed by atoms with Gasteiger partial charge in [-0.15, -0.1) is 0 Å². The topological polar surface area (TPSA) is 126 Å². The van der Waals surface area contributed by atoms with Crippen molar-refractivity contribution in [3.8, 4) is 17.3 Å². The van der Waals surface area contributed by atoms with Crippen LogP contribution in [0.15, 0.2) is 36.4 Å². The second-order valence-corrected chi connectivity index (χ2v) is 14.2. The smallest absolute Gasteiger partial charge is 0.254 e. The standard InChI is InChI=1S/C34H32F2N6O4S/c1-40(32-39-27(26(14-37)47-32)19-2-4-20(35)5-3-19)30-22-6-7-25(43)29(22)38-28-23(30)12-21(13-24(28)36)41-15-33(16-41)17-42(18-33)31(44)34(45)8-10-46-11-9-34/h2-5,12-13,25,43,45H,6-11,15-18H2,1H3/t25-/m1/s1. The number of nitrogens with zero attached hydrogens (tertiary/aromatic N) is 6. The van der Waals surface area contributed by atoms with Gasteiger partial charge in [0.05, 0.1) is 17.5 Å². The lowest BCUT2D eigenvalue weighted by atomic mass is 9.71. The highest BCUT2D eigenvalue weighted by Crippen LogP contribution is 2.48. The van der Waals surface area contributed by atoms with Crippen molar-refractivity contribution < 1.29 is 28.5 Å².